The molecule has 2 N–H and O–H groups in total. The van der Waals surface area contributed by atoms with Crippen molar-refractivity contribution in [3.63, 3.8) is 0 Å². The van der Waals surface area contributed by atoms with Gasteiger partial charge in [-0.3, -0.25) is 4.98 Å². The quantitative estimate of drug-likeness (QED) is 0.887. The van der Waals surface area contributed by atoms with Gasteiger partial charge in [0.05, 0.1) is 5.69 Å². The lowest BCUT2D eigenvalue weighted by atomic mass is 10.3. The Balaban J connectivity index is 2.20. The molecule has 0 spiro atoms. The van der Waals surface area contributed by atoms with E-state index in [1.165, 1.54) is 23.9 Å². The summed E-state index contributed by atoms with van der Waals surface area (Å²) in [6, 6.07) is 10.3. The summed E-state index contributed by atoms with van der Waals surface area (Å²) in [7, 11) is 0. The number of hydrogen-bond donors (Lipinski definition) is 1. The molecule has 82 valence electrons. The van der Waals surface area contributed by atoms with Gasteiger partial charge in [0, 0.05) is 22.5 Å². The van der Waals surface area contributed by atoms with Gasteiger partial charge in [-0.2, -0.15) is 0 Å². The Morgan fingerprint density at radius 2 is 2.00 bits per heavy atom. The van der Waals surface area contributed by atoms with Gasteiger partial charge in [-0.25, -0.2) is 4.39 Å². The van der Waals surface area contributed by atoms with Crippen molar-refractivity contribution < 1.29 is 4.39 Å². The van der Waals surface area contributed by atoms with Gasteiger partial charge in [0.25, 0.3) is 0 Å². The van der Waals surface area contributed by atoms with Gasteiger partial charge in [0.2, 0.25) is 0 Å². The highest BCUT2D eigenvalue weighted by Gasteiger charge is 2.00. The molecule has 0 saturated heterocycles. The van der Waals surface area contributed by atoms with E-state index >= 15 is 0 Å². The van der Waals surface area contributed by atoms with E-state index in [2.05, 4.69) is 4.98 Å². The maximum absolute atomic E-state index is 13.0. The molecule has 0 radical (unpaired) electrons. The molecule has 0 unspecified atom stereocenters. The van der Waals surface area contributed by atoms with E-state index in [9.17, 15) is 4.39 Å². The van der Waals surface area contributed by atoms with Gasteiger partial charge in [0.1, 0.15) is 5.82 Å². The number of aromatic nitrogens is 1. The van der Waals surface area contributed by atoms with Gasteiger partial charge in [-0.1, -0.05) is 17.8 Å². The molecule has 2 aromatic rings. The molecular weight excluding hydrogens is 223 g/mol. The van der Waals surface area contributed by atoms with Crippen LogP contribution in [0.3, 0.4) is 0 Å². The summed E-state index contributed by atoms with van der Waals surface area (Å²) in [6.45, 7) is 0.414. The lowest BCUT2D eigenvalue weighted by Crippen LogP contribution is -1.98. The third kappa shape index (κ3) is 2.81. The van der Waals surface area contributed by atoms with Crippen LogP contribution in [-0.2, 0) is 6.54 Å². The maximum atomic E-state index is 13.0. The van der Waals surface area contributed by atoms with Crippen LogP contribution < -0.4 is 5.73 Å². The molecule has 16 heavy (non-hydrogen) atoms. The van der Waals surface area contributed by atoms with E-state index in [1.54, 1.807) is 12.3 Å². The zero-order valence-electron chi connectivity index (χ0n) is 8.56. The number of nitrogens with two attached hydrogens (primary N) is 1. The minimum Gasteiger partial charge on any atom is -0.325 e. The largest absolute Gasteiger partial charge is 0.325 e. The molecule has 0 amide bonds. The Bertz CT molecular complexity index is 488. The lowest BCUT2D eigenvalue weighted by molar-refractivity contribution is 0.624. The van der Waals surface area contributed by atoms with Crippen LogP contribution in [0.5, 0.6) is 0 Å². The topological polar surface area (TPSA) is 38.9 Å². The Kier molecular flexibility index (Phi) is 3.54. The Labute approximate surface area is 97.7 Å². The fourth-order valence-electron chi connectivity index (χ4n) is 1.30. The maximum Gasteiger partial charge on any atom is 0.124 e. The van der Waals surface area contributed by atoms with Crippen molar-refractivity contribution in [1.29, 1.82) is 0 Å². The van der Waals surface area contributed by atoms with Gasteiger partial charge in [-0.05, 0) is 30.3 Å². The summed E-state index contributed by atoms with van der Waals surface area (Å²) in [5, 5.41) is 0. The number of hydrogen-bond acceptors (Lipinski definition) is 3. The first kappa shape index (κ1) is 11.1. The second kappa shape index (κ2) is 5.09. The number of halogens is 1. The van der Waals surface area contributed by atoms with Crippen LogP contribution in [0.25, 0.3) is 0 Å². The van der Waals surface area contributed by atoms with Crippen molar-refractivity contribution in [2.24, 2.45) is 5.73 Å². The van der Waals surface area contributed by atoms with E-state index in [0.29, 0.717) is 6.54 Å². The number of pyridine rings is 1. The summed E-state index contributed by atoms with van der Waals surface area (Å²) >= 11 is 1.50. The summed E-state index contributed by atoms with van der Waals surface area (Å²) in [5.74, 6) is -0.224. The highest BCUT2D eigenvalue weighted by atomic mass is 32.2. The van der Waals surface area contributed by atoms with Crippen LogP contribution in [0.15, 0.2) is 52.4 Å². The number of rotatable bonds is 3. The Morgan fingerprint density at radius 3 is 2.75 bits per heavy atom. The predicted molar refractivity (Wildman–Crippen MR) is 62.7 cm³/mol. The monoisotopic (exact) mass is 234 g/mol. The second-order valence-electron chi connectivity index (χ2n) is 3.25. The van der Waals surface area contributed by atoms with Gasteiger partial charge in [-0.15, -0.1) is 0 Å². The smallest absolute Gasteiger partial charge is 0.124 e. The highest BCUT2D eigenvalue weighted by molar-refractivity contribution is 7.99. The van der Waals surface area contributed by atoms with Crippen molar-refractivity contribution >= 4 is 11.8 Å². The fourth-order valence-corrected chi connectivity index (χ4v) is 2.21. The van der Waals surface area contributed by atoms with Crippen molar-refractivity contribution in [1.82, 2.24) is 4.98 Å². The summed E-state index contributed by atoms with van der Waals surface area (Å²) in [6.07, 6.45) is 1.71. The third-order valence-electron chi connectivity index (χ3n) is 2.03. The van der Waals surface area contributed by atoms with Gasteiger partial charge >= 0.3 is 0 Å². The standard InChI is InChI=1S/C12H11FN2S/c13-9-2-1-3-11(6-9)16-12-4-5-15-10(7-12)8-14/h1-7H,8,14H2. The van der Waals surface area contributed by atoms with Crippen LogP contribution in [0.1, 0.15) is 5.69 Å². The van der Waals surface area contributed by atoms with Crippen LogP contribution in [0, 0.1) is 5.82 Å². The first-order chi connectivity index (χ1) is 7.78. The van der Waals surface area contributed by atoms with Crippen LogP contribution in [0.2, 0.25) is 0 Å². The van der Waals surface area contributed by atoms with E-state index in [-0.39, 0.29) is 5.82 Å². The molecule has 1 aromatic carbocycles. The molecule has 1 aromatic heterocycles. The van der Waals surface area contributed by atoms with Crippen molar-refractivity contribution in [2.75, 3.05) is 0 Å². The number of nitrogens with zero attached hydrogens (tertiary/aromatic N) is 1. The summed E-state index contributed by atoms with van der Waals surface area (Å²) in [4.78, 5) is 5.99. The first-order valence-electron chi connectivity index (χ1n) is 4.86. The molecule has 4 heteroatoms. The lowest BCUT2D eigenvalue weighted by Gasteiger charge is -2.03. The molecule has 2 rings (SSSR count). The van der Waals surface area contributed by atoms with Gasteiger partial charge in [0.15, 0.2) is 0 Å². The molecular formula is C12H11FN2S. The Morgan fingerprint density at radius 1 is 1.19 bits per heavy atom. The minimum absolute atomic E-state index is 0.224. The molecule has 2 nitrogen and oxygen atoms in total. The van der Waals surface area contributed by atoms with E-state index in [1.807, 2.05) is 18.2 Å². The van der Waals surface area contributed by atoms with E-state index < -0.39 is 0 Å². The third-order valence-corrected chi connectivity index (χ3v) is 3.01. The molecule has 0 fully saturated rings. The van der Waals surface area contributed by atoms with Crippen molar-refractivity contribution in [3.8, 4) is 0 Å². The molecule has 0 aliphatic carbocycles. The molecule has 0 bridgehead atoms. The number of benzene rings is 1. The average Bonchev–Trinajstić information content (AvgIpc) is 2.29. The predicted octanol–water partition coefficient (Wildman–Crippen LogP) is 2.83. The normalized spacial score (nSPS) is 10.4. The van der Waals surface area contributed by atoms with Crippen molar-refractivity contribution in [3.05, 3.63) is 54.1 Å². The van der Waals surface area contributed by atoms with Crippen LogP contribution in [0.4, 0.5) is 4.39 Å². The van der Waals surface area contributed by atoms with E-state index in [0.717, 1.165) is 15.5 Å². The molecule has 0 aliphatic heterocycles. The summed E-state index contributed by atoms with van der Waals surface area (Å²) in [5.41, 5.74) is 6.34. The first-order valence-corrected chi connectivity index (χ1v) is 5.68. The second-order valence-corrected chi connectivity index (χ2v) is 4.39. The Hall–Kier alpha value is -1.39. The molecule has 0 atom stereocenters. The zero-order chi connectivity index (χ0) is 11.4. The average molecular weight is 234 g/mol. The SMILES string of the molecule is NCc1cc(Sc2cccc(F)c2)ccn1. The minimum atomic E-state index is -0.224. The zero-order valence-corrected chi connectivity index (χ0v) is 9.38. The van der Waals surface area contributed by atoms with Crippen LogP contribution >= 0.6 is 11.8 Å². The summed E-state index contributed by atoms with van der Waals surface area (Å²) < 4.78 is 13.0. The highest BCUT2D eigenvalue weighted by Crippen LogP contribution is 2.27. The van der Waals surface area contributed by atoms with E-state index in [4.69, 9.17) is 5.73 Å². The van der Waals surface area contributed by atoms with Crippen LogP contribution in [-0.4, -0.2) is 4.98 Å². The fraction of sp³-hybridized carbons (Fsp3) is 0.0833. The molecule has 0 aliphatic rings. The van der Waals surface area contributed by atoms with Crippen molar-refractivity contribution in [2.45, 2.75) is 16.3 Å². The van der Waals surface area contributed by atoms with Gasteiger partial charge < -0.3 is 5.73 Å². The molecule has 1 heterocycles. The molecule has 0 saturated carbocycles.